The predicted molar refractivity (Wildman–Crippen MR) is 424 cm³/mol. The van der Waals surface area contributed by atoms with Crippen LogP contribution in [0.3, 0.4) is 0 Å². The van der Waals surface area contributed by atoms with Gasteiger partial charge < -0.3 is 84.8 Å². The van der Waals surface area contributed by atoms with Gasteiger partial charge in [0.05, 0.1) is 119 Å². The fourth-order valence-corrected chi connectivity index (χ4v) is 18.7. The lowest BCUT2D eigenvalue weighted by atomic mass is 9.66. The summed E-state index contributed by atoms with van der Waals surface area (Å²) >= 11 is 0. The van der Waals surface area contributed by atoms with Crippen molar-refractivity contribution in [2.75, 3.05) is 85.3 Å². The van der Waals surface area contributed by atoms with Gasteiger partial charge in [0.25, 0.3) is 0 Å². The summed E-state index contributed by atoms with van der Waals surface area (Å²) in [6.45, 7) is 34.7. The van der Waals surface area contributed by atoms with Gasteiger partial charge in [-0.05, 0) is 181 Å². The standard InChI is InChI=1S/3C28H41BO10/c3*1-11-17-12-27(21(30)34-7,22(31)35-8)14-19(17)20-15-28(23(32)36-9,24(33)37-10)13-18(20)16(2)29-38-25(3,4)26(5,6)39-29/h3*11,16,19H,12-15H2,1-10H3/b3*17-11+/t3*16-,19+/m111/s1. The molecule has 0 unspecified atom stereocenters. The van der Waals surface area contributed by atoms with Crippen LogP contribution in [-0.2, 0) is 142 Å². The number of allylic oxidation sites excluding steroid dienone is 12. The van der Waals surface area contributed by atoms with Crippen LogP contribution in [0.5, 0.6) is 0 Å². The molecule has 0 N–H and O–H groups in total. The molecule has 0 spiro atoms. The number of hydrogen-bond donors (Lipinski definition) is 0. The Hall–Kier alpha value is -7.97. The van der Waals surface area contributed by atoms with E-state index in [9.17, 15) is 57.5 Å². The number of methoxy groups -OCH3 is 12. The zero-order valence-electron chi connectivity index (χ0n) is 74.2. The Balaban J connectivity index is 0.000000242. The van der Waals surface area contributed by atoms with Crippen molar-refractivity contribution in [3.63, 3.8) is 0 Å². The van der Waals surface area contributed by atoms with Gasteiger partial charge in [-0.2, -0.15) is 0 Å². The molecule has 3 saturated carbocycles. The molecule has 117 heavy (non-hydrogen) atoms. The highest BCUT2D eigenvalue weighted by atomic mass is 16.7. The van der Waals surface area contributed by atoms with Gasteiger partial charge in [0.2, 0.25) is 0 Å². The maximum Gasteiger partial charge on any atom is 0.465 e. The van der Waals surface area contributed by atoms with Crippen molar-refractivity contribution in [2.24, 2.45) is 50.2 Å². The van der Waals surface area contributed by atoms with Crippen molar-refractivity contribution in [2.45, 2.75) is 253 Å². The van der Waals surface area contributed by atoms with E-state index in [-0.39, 0.29) is 94.5 Å². The predicted octanol–water partition coefficient (Wildman–Crippen LogP) is 10.7. The first kappa shape index (κ1) is 96.2. The molecule has 30 nitrogen and oxygen atoms in total. The van der Waals surface area contributed by atoms with Crippen LogP contribution >= 0.6 is 0 Å². The Kier molecular flexibility index (Phi) is 29.1. The number of carbonyl (C=O) groups is 12. The van der Waals surface area contributed by atoms with Crippen molar-refractivity contribution >= 4 is 93.0 Å². The molecule has 0 bridgehead atoms. The molecule has 3 heterocycles. The molecule has 0 aromatic rings. The molecule has 3 saturated heterocycles. The molecule has 0 radical (unpaired) electrons. The van der Waals surface area contributed by atoms with E-state index >= 15 is 0 Å². The van der Waals surface area contributed by atoms with E-state index in [1.165, 1.54) is 85.3 Å². The van der Waals surface area contributed by atoms with Crippen molar-refractivity contribution in [3.05, 3.63) is 68.4 Å². The Labute approximate surface area is 689 Å². The molecule has 33 heteroatoms. The molecule has 9 aliphatic rings. The van der Waals surface area contributed by atoms with E-state index in [1.54, 1.807) is 0 Å². The second-order valence-corrected chi connectivity index (χ2v) is 35.2. The molecule has 0 amide bonds. The van der Waals surface area contributed by atoms with E-state index in [4.69, 9.17) is 84.8 Å². The number of carbonyl (C=O) groups excluding carboxylic acids is 12. The van der Waals surface area contributed by atoms with Crippen LogP contribution in [-0.4, -0.2) is 212 Å². The van der Waals surface area contributed by atoms with Gasteiger partial charge in [-0.25, -0.2) is 0 Å². The third kappa shape index (κ3) is 16.5. The topological polar surface area (TPSA) is 371 Å². The third-order valence-corrected chi connectivity index (χ3v) is 27.7. The molecule has 648 valence electrons. The van der Waals surface area contributed by atoms with E-state index in [0.29, 0.717) is 0 Å². The van der Waals surface area contributed by atoms with Crippen LogP contribution < -0.4 is 0 Å². The van der Waals surface area contributed by atoms with Gasteiger partial charge in [-0.15, -0.1) is 0 Å². The van der Waals surface area contributed by atoms with Gasteiger partial charge in [0.15, 0.2) is 32.5 Å². The molecule has 6 fully saturated rings. The lowest BCUT2D eigenvalue weighted by molar-refractivity contribution is -0.170. The normalized spacial score (nSPS) is 26.4. The van der Waals surface area contributed by atoms with Crippen LogP contribution in [0.25, 0.3) is 0 Å². The molecule has 0 aromatic heterocycles. The van der Waals surface area contributed by atoms with Gasteiger partial charge in [-0.1, -0.05) is 89.2 Å². The highest BCUT2D eigenvalue weighted by Gasteiger charge is 2.68. The third-order valence-electron chi connectivity index (χ3n) is 27.7. The Morgan fingerprint density at radius 2 is 0.410 bits per heavy atom. The van der Waals surface area contributed by atoms with E-state index in [1.807, 2.05) is 143 Å². The molecule has 3 aliphatic heterocycles. The van der Waals surface area contributed by atoms with Gasteiger partial charge in [0, 0.05) is 35.2 Å². The van der Waals surface area contributed by atoms with Crippen molar-refractivity contribution in [3.8, 4) is 0 Å². The summed E-state index contributed by atoms with van der Waals surface area (Å²) in [6.07, 6.45) is 6.19. The molecule has 6 atom stereocenters. The van der Waals surface area contributed by atoms with Crippen LogP contribution in [0.2, 0.25) is 17.5 Å². The zero-order chi connectivity index (χ0) is 88.7. The summed E-state index contributed by atoms with van der Waals surface area (Å²) in [6, 6.07) is 0. The van der Waals surface area contributed by atoms with E-state index < -0.39 is 177 Å². The molecule has 9 rings (SSSR count). The average molecular weight is 1650 g/mol. The monoisotopic (exact) mass is 1640 g/mol. The lowest BCUT2D eigenvalue weighted by Gasteiger charge is -2.32. The maximum absolute atomic E-state index is 13.2. The summed E-state index contributed by atoms with van der Waals surface area (Å²) in [5.74, 6) is -10.9. The number of ether oxygens (including phenoxy) is 12. The van der Waals surface area contributed by atoms with E-state index in [0.717, 1.165) is 50.2 Å². The number of esters is 12. The SMILES string of the molecule is C/C=C1\CC(C(=O)OC)(C(=O)OC)C[C@@H]1C1=C([C@@H](C)B2OC(C)(C)C(C)(C)O2)CC(C(=O)OC)(C(=O)OC)C1.C/C=C1\CC(C(=O)OC)(C(=O)OC)C[C@@H]1C1=C([C@@H](C)B2OC(C)(C)C(C)(C)O2)CC(C(=O)OC)(C(=O)OC)C1.C/C=C1\CC(C(=O)OC)(C(=O)OC)C[C@@H]1C1=C([C@@H](C)B2OC(C)(C)C(C)(C)O2)CC(C(=O)OC)(C(=O)OC)C1. The maximum atomic E-state index is 13.2. The first-order valence-corrected chi connectivity index (χ1v) is 39.5. The Morgan fingerprint density at radius 1 is 0.265 bits per heavy atom. The average Bonchev–Trinajstić information content (AvgIpc) is 1.56. The van der Waals surface area contributed by atoms with Crippen LogP contribution in [0, 0.1) is 50.2 Å². The fourth-order valence-electron chi connectivity index (χ4n) is 18.7. The summed E-state index contributed by atoms with van der Waals surface area (Å²) in [7, 11) is 12.8. The second-order valence-electron chi connectivity index (χ2n) is 35.2. The van der Waals surface area contributed by atoms with Gasteiger partial charge >= 0.3 is 93.0 Å². The van der Waals surface area contributed by atoms with Crippen LogP contribution in [0.15, 0.2) is 68.4 Å². The van der Waals surface area contributed by atoms with Crippen molar-refractivity contribution < 1.29 is 142 Å². The minimum atomic E-state index is -1.62. The van der Waals surface area contributed by atoms with Gasteiger partial charge in [-0.3, -0.25) is 57.5 Å². The van der Waals surface area contributed by atoms with Crippen LogP contribution in [0.1, 0.15) is 202 Å². The first-order valence-electron chi connectivity index (χ1n) is 39.5. The first-order chi connectivity index (χ1) is 54.3. The Bertz CT molecular complexity index is 3570. The number of rotatable bonds is 21. The minimum Gasteiger partial charge on any atom is -0.468 e. The van der Waals surface area contributed by atoms with Crippen molar-refractivity contribution in [1.29, 1.82) is 0 Å². The summed E-state index contributed by atoms with van der Waals surface area (Å²) in [5, 5.41) is 0. The fraction of sp³-hybridized carbons (Fsp3) is 0.714. The zero-order valence-corrected chi connectivity index (χ0v) is 74.2. The minimum absolute atomic E-state index is 0.00591. The second kappa shape index (κ2) is 35.4. The molecular weight excluding hydrogens is 1520 g/mol. The summed E-state index contributed by atoms with van der Waals surface area (Å²) < 4.78 is 99.0. The van der Waals surface area contributed by atoms with E-state index in [2.05, 4.69) is 0 Å². The highest BCUT2D eigenvalue weighted by Crippen LogP contribution is 2.64. The largest absolute Gasteiger partial charge is 0.468 e. The Morgan fingerprint density at radius 3 is 0.547 bits per heavy atom. The smallest absolute Gasteiger partial charge is 0.465 e. The molecular formula is C84H123B3O30. The lowest BCUT2D eigenvalue weighted by Crippen LogP contribution is -2.41. The summed E-state index contributed by atoms with van der Waals surface area (Å²) in [4.78, 5) is 157. The molecule has 6 aliphatic carbocycles. The molecule has 0 aromatic carbocycles. The van der Waals surface area contributed by atoms with Crippen molar-refractivity contribution in [1.82, 2.24) is 0 Å². The summed E-state index contributed by atoms with van der Waals surface area (Å²) in [5.41, 5.74) is -6.05. The van der Waals surface area contributed by atoms with Gasteiger partial charge in [0.1, 0.15) is 0 Å². The number of hydrogen-bond acceptors (Lipinski definition) is 30. The quantitative estimate of drug-likeness (QED) is 0.0339. The highest BCUT2D eigenvalue weighted by molar-refractivity contribution is 6.49. The van der Waals surface area contributed by atoms with Crippen LogP contribution in [0.4, 0.5) is 0 Å².